The molecule has 1 saturated heterocycles. The lowest BCUT2D eigenvalue weighted by Gasteiger charge is -2.46. The summed E-state index contributed by atoms with van der Waals surface area (Å²) in [5.74, 6) is -9.27. The first-order chi connectivity index (χ1) is 11.7. The molecule has 0 aliphatic carbocycles. The standard InChI is InChI=1S/C17H27NO8/c1-6-10(11(19)20)17(12(21)22,13(23)24)14(25)26-9-7-15(2,3)18-16(4,5)8-9/h9-10,18H,6-8H2,1-5H3,(H,19,20)(H,21,22)(H,23,24). The number of hydrogen-bond donors (Lipinski definition) is 4. The van der Waals surface area contributed by atoms with Gasteiger partial charge in [-0.05, 0) is 34.1 Å². The molecule has 26 heavy (non-hydrogen) atoms. The molecule has 1 atom stereocenters. The van der Waals surface area contributed by atoms with Gasteiger partial charge in [-0.1, -0.05) is 6.92 Å². The lowest BCUT2D eigenvalue weighted by Crippen LogP contribution is -2.61. The minimum atomic E-state index is -3.19. The molecule has 0 radical (unpaired) electrons. The molecule has 0 saturated carbocycles. The maximum Gasteiger partial charge on any atom is 0.336 e. The van der Waals surface area contributed by atoms with Crippen LogP contribution in [0.2, 0.25) is 0 Å². The first-order valence-corrected chi connectivity index (χ1v) is 8.39. The Kier molecular flexibility index (Phi) is 6.08. The Morgan fingerprint density at radius 2 is 1.46 bits per heavy atom. The number of nitrogens with one attached hydrogen (secondary N) is 1. The van der Waals surface area contributed by atoms with Crippen molar-refractivity contribution < 1.29 is 39.2 Å². The van der Waals surface area contributed by atoms with Crippen molar-refractivity contribution in [2.75, 3.05) is 0 Å². The third kappa shape index (κ3) is 4.14. The van der Waals surface area contributed by atoms with Crippen LogP contribution in [0.5, 0.6) is 0 Å². The van der Waals surface area contributed by atoms with Crippen molar-refractivity contribution >= 4 is 23.9 Å². The zero-order valence-corrected chi connectivity index (χ0v) is 15.7. The summed E-state index contributed by atoms with van der Waals surface area (Å²) in [7, 11) is 0. The van der Waals surface area contributed by atoms with E-state index < -0.39 is 52.4 Å². The number of hydrogen-bond acceptors (Lipinski definition) is 6. The molecule has 1 aliphatic rings. The van der Waals surface area contributed by atoms with Crippen LogP contribution in [0.1, 0.15) is 53.9 Å². The molecule has 9 nitrogen and oxygen atoms in total. The number of rotatable bonds is 7. The van der Waals surface area contributed by atoms with Crippen molar-refractivity contribution in [3.63, 3.8) is 0 Å². The smallest absolute Gasteiger partial charge is 0.336 e. The van der Waals surface area contributed by atoms with Crippen molar-refractivity contribution in [2.45, 2.75) is 71.1 Å². The Balaban J connectivity index is 3.28. The third-order valence-electron chi connectivity index (χ3n) is 4.65. The molecule has 0 bridgehead atoms. The molecule has 1 heterocycles. The lowest BCUT2D eigenvalue weighted by atomic mass is 9.73. The molecule has 1 rings (SSSR count). The molecule has 1 fully saturated rings. The van der Waals surface area contributed by atoms with E-state index in [4.69, 9.17) is 4.74 Å². The third-order valence-corrected chi connectivity index (χ3v) is 4.65. The Labute approximate surface area is 151 Å². The van der Waals surface area contributed by atoms with Gasteiger partial charge in [-0.3, -0.25) is 19.2 Å². The summed E-state index contributed by atoms with van der Waals surface area (Å²) in [6, 6.07) is 0. The average molecular weight is 373 g/mol. The van der Waals surface area contributed by atoms with Crippen molar-refractivity contribution in [2.24, 2.45) is 11.3 Å². The van der Waals surface area contributed by atoms with Crippen LogP contribution < -0.4 is 5.32 Å². The zero-order chi connectivity index (χ0) is 20.5. The van der Waals surface area contributed by atoms with E-state index in [0.717, 1.165) is 0 Å². The number of aliphatic carboxylic acids is 3. The quantitative estimate of drug-likeness (QED) is 0.380. The van der Waals surface area contributed by atoms with Gasteiger partial charge in [-0.15, -0.1) is 0 Å². The van der Waals surface area contributed by atoms with Crippen LogP contribution in [-0.4, -0.2) is 56.4 Å². The summed E-state index contributed by atoms with van der Waals surface area (Å²) in [6.45, 7) is 8.82. The summed E-state index contributed by atoms with van der Waals surface area (Å²) in [5.41, 5.74) is -4.06. The number of carboxylic acids is 3. The average Bonchev–Trinajstić information content (AvgIpc) is 2.38. The molecule has 9 heteroatoms. The van der Waals surface area contributed by atoms with Gasteiger partial charge in [0.1, 0.15) is 6.10 Å². The number of piperidine rings is 1. The van der Waals surface area contributed by atoms with Crippen molar-refractivity contribution in [3.8, 4) is 0 Å². The second-order valence-electron chi connectivity index (χ2n) is 8.05. The number of carbonyl (C=O) groups is 4. The summed E-state index contributed by atoms with van der Waals surface area (Å²) >= 11 is 0. The van der Waals surface area contributed by atoms with E-state index in [1.807, 2.05) is 27.7 Å². The van der Waals surface area contributed by atoms with Crippen LogP contribution in [0.4, 0.5) is 0 Å². The fraction of sp³-hybridized carbons (Fsp3) is 0.765. The van der Waals surface area contributed by atoms with Gasteiger partial charge in [-0.25, -0.2) is 0 Å². The summed E-state index contributed by atoms with van der Waals surface area (Å²) in [5, 5.41) is 31.6. The van der Waals surface area contributed by atoms with Crippen LogP contribution in [-0.2, 0) is 23.9 Å². The Hall–Kier alpha value is -2.16. The first-order valence-electron chi connectivity index (χ1n) is 8.39. The normalized spacial score (nSPS) is 20.8. The molecule has 0 aromatic heterocycles. The Bertz CT molecular complexity index is 580. The second kappa shape index (κ2) is 7.22. The van der Waals surface area contributed by atoms with Gasteiger partial charge in [0.05, 0.1) is 5.92 Å². The van der Waals surface area contributed by atoms with E-state index in [2.05, 4.69) is 5.32 Å². The van der Waals surface area contributed by atoms with Crippen molar-refractivity contribution in [1.29, 1.82) is 0 Å². The molecule has 0 aromatic rings. The highest BCUT2D eigenvalue weighted by molar-refractivity contribution is 6.19. The second-order valence-corrected chi connectivity index (χ2v) is 8.05. The highest BCUT2D eigenvalue weighted by atomic mass is 16.6. The zero-order valence-electron chi connectivity index (χ0n) is 15.7. The minimum absolute atomic E-state index is 0.335. The van der Waals surface area contributed by atoms with E-state index in [1.54, 1.807) is 0 Å². The molecular weight excluding hydrogens is 346 g/mol. The lowest BCUT2D eigenvalue weighted by molar-refractivity contribution is -0.192. The molecule has 1 aliphatic heterocycles. The van der Waals surface area contributed by atoms with E-state index in [0.29, 0.717) is 12.8 Å². The predicted molar refractivity (Wildman–Crippen MR) is 89.5 cm³/mol. The minimum Gasteiger partial charge on any atom is -0.481 e. The van der Waals surface area contributed by atoms with Gasteiger partial charge in [0, 0.05) is 23.9 Å². The first kappa shape index (κ1) is 21.9. The van der Waals surface area contributed by atoms with E-state index in [-0.39, 0.29) is 6.42 Å². The number of carbonyl (C=O) groups excluding carboxylic acids is 1. The topological polar surface area (TPSA) is 150 Å². The maximum atomic E-state index is 12.7. The van der Waals surface area contributed by atoms with Crippen molar-refractivity contribution in [1.82, 2.24) is 5.32 Å². The molecule has 148 valence electrons. The molecule has 4 N–H and O–H groups in total. The van der Waals surface area contributed by atoms with Crippen LogP contribution >= 0.6 is 0 Å². The maximum absolute atomic E-state index is 12.7. The van der Waals surface area contributed by atoms with Crippen LogP contribution in [0.25, 0.3) is 0 Å². The van der Waals surface area contributed by atoms with Crippen LogP contribution in [0.15, 0.2) is 0 Å². The number of carboxylic acid groups (broad SMARTS) is 3. The number of esters is 1. The molecule has 1 unspecified atom stereocenters. The monoisotopic (exact) mass is 373 g/mol. The fourth-order valence-electron chi connectivity index (χ4n) is 3.93. The van der Waals surface area contributed by atoms with Crippen molar-refractivity contribution in [3.05, 3.63) is 0 Å². The SMILES string of the molecule is CCC(C(=O)O)C(C(=O)O)(C(=O)O)C(=O)OC1CC(C)(C)NC(C)(C)C1. The van der Waals surface area contributed by atoms with E-state index in [1.165, 1.54) is 6.92 Å². The van der Waals surface area contributed by atoms with Gasteiger partial charge >= 0.3 is 23.9 Å². The predicted octanol–water partition coefficient (Wildman–Crippen LogP) is 1.11. The highest BCUT2D eigenvalue weighted by Crippen LogP contribution is 2.37. The van der Waals surface area contributed by atoms with Gasteiger partial charge in [-0.2, -0.15) is 0 Å². The highest BCUT2D eigenvalue weighted by Gasteiger charge is 2.63. The summed E-state index contributed by atoms with van der Waals surface area (Å²) in [4.78, 5) is 47.6. The van der Waals surface area contributed by atoms with Gasteiger partial charge in [0.25, 0.3) is 5.41 Å². The molecule has 0 amide bonds. The largest absolute Gasteiger partial charge is 0.481 e. The van der Waals surface area contributed by atoms with E-state index in [9.17, 15) is 34.5 Å². The summed E-state index contributed by atoms with van der Waals surface area (Å²) < 4.78 is 5.28. The molecule has 0 aromatic carbocycles. The van der Waals surface area contributed by atoms with E-state index >= 15 is 0 Å². The van der Waals surface area contributed by atoms with Crippen LogP contribution in [0, 0.1) is 11.3 Å². The van der Waals surface area contributed by atoms with Gasteiger partial charge < -0.3 is 25.4 Å². The molecule has 0 spiro atoms. The number of ether oxygens (including phenoxy) is 1. The summed E-state index contributed by atoms with van der Waals surface area (Å²) in [6.07, 6.45) is -0.423. The van der Waals surface area contributed by atoms with Gasteiger partial charge in [0.15, 0.2) is 0 Å². The Morgan fingerprint density at radius 1 is 1.04 bits per heavy atom. The fourth-order valence-corrected chi connectivity index (χ4v) is 3.93. The van der Waals surface area contributed by atoms with Gasteiger partial charge in [0.2, 0.25) is 0 Å². The Morgan fingerprint density at radius 3 is 1.77 bits per heavy atom. The molecular formula is C17H27NO8. The van der Waals surface area contributed by atoms with Crippen LogP contribution in [0.3, 0.4) is 0 Å².